The Morgan fingerprint density at radius 1 is 1.16 bits per heavy atom. The van der Waals surface area contributed by atoms with Crippen molar-refractivity contribution in [2.75, 3.05) is 39.4 Å². The summed E-state index contributed by atoms with van der Waals surface area (Å²) in [5.41, 5.74) is 2.36. The Hall–Kier alpha value is -3.04. The van der Waals surface area contributed by atoms with Crippen molar-refractivity contribution in [3.63, 3.8) is 0 Å². The first-order valence-electron chi connectivity index (χ1n) is 11.1. The molecule has 0 radical (unpaired) electrons. The summed E-state index contributed by atoms with van der Waals surface area (Å²) in [5.74, 6) is -0.223. The van der Waals surface area contributed by atoms with Gasteiger partial charge in [0.15, 0.2) is 5.52 Å². The Morgan fingerprint density at radius 3 is 2.59 bits per heavy atom. The lowest BCUT2D eigenvalue weighted by Gasteiger charge is -2.26. The topological polar surface area (TPSA) is 94.3 Å². The first kappa shape index (κ1) is 22.2. The maximum absolute atomic E-state index is 13.2. The van der Waals surface area contributed by atoms with Crippen molar-refractivity contribution in [2.24, 2.45) is 0 Å². The Labute approximate surface area is 187 Å². The molecule has 2 aromatic heterocycles. The third kappa shape index (κ3) is 4.44. The summed E-state index contributed by atoms with van der Waals surface area (Å²) in [6.45, 7) is 10.3. The van der Waals surface area contributed by atoms with E-state index in [4.69, 9.17) is 4.74 Å². The van der Waals surface area contributed by atoms with Gasteiger partial charge in [-0.2, -0.15) is 10.2 Å². The number of hydrogen-bond donors (Lipinski definition) is 1. The van der Waals surface area contributed by atoms with Crippen LogP contribution >= 0.6 is 0 Å². The largest absolute Gasteiger partial charge is 0.379 e. The van der Waals surface area contributed by atoms with E-state index < -0.39 is 6.04 Å². The van der Waals surface area contributed by atoms with Gasteiger partial charge < -0.3 is 10.1 Å². The van der Waals surface area contributed by atoms with Crippen LogP contribution in [0.15, 0.2) is 35.1 Å². The van der Waals surface area contributed by atoms with Gasteiger partial charge >= 0.3 is 0 Å². The summed E-state index contributed by atoms with van der Waals surface area (Å²) in [7, 11) is 0. The molecule has 0 saturated carbocycles. The predicted octanol–water partition coefficient (Wildman–Crippen LogP) is 1.60. The quantitative estimate of drug-likeness (QED) is 0.563. The van der Waals surface area contributed by atoms with Crippen molar-refractivity contribution < 1.29 is 9.53 Å². The van der Waals surface area contributed by atoms with Crippen LogP contribution in [-0.4, -0.2) is 69.8 Å². The molecule has 9 heteroatoms. The van der Waals surface area contributed by atoms with E-state index in [1.165, 1.54) is 4.68 Å². The van der Waals surface area contributed by atoms with Gasteiger partial charge in [-0.15, -0.1) is 0 Å². The zero-order valence-corrected chi connectivity index (χ0v) is 18.9. The fourth-order valence-corrected chi connectivity index (χ4v) is 4.13. The maximum atomic E-state index is 13.2. The molecule has 1 N–H and O–H groups in total. The molecule has 4 rings (SSSR count). The smallest absolute Gasteiger partial charge is 0.295 e. The molecule has 1 aliphatic rings. The number of hydrogen-bond acceptors (Lipinski definition) is 6. The van der Waals surface area contributed by atoms with Crippen LogP contribution in [0.5, 0.6) is 0 Å². The van der Waals surface area contributed by atoms with E-state index in [2.05, 4.69) is 20.4 Å². The highest BCUT2D eigenvalue weighted by molar-refractivity contribution is 5.84. The number of nitrogens with zero attached hydrogens (tertiary/aromatic N) is 5. The Kier molecular flexibility index (Phi) is 6.66. The number of fused-ring (bicyclic) bond motifs is 1. The van der Waals surface area contributed by atoms with Crippen LogP contribution in [0.1, 0.15) is 30.8 Å². The molecule has 0 aliphatic carbocycles. The van der Waals surface area contributed by atoms with Gasteiger partial charge in [-0.3, -0.25) is 14.5 Å². The average Bonchev–Trinajstić information content (AvgIpc) is 3.18. The number of aryl methyl sites for hydroxylation is 2. The second-order valence-electron chi connectivity index (χ2n) is 8.17. The first-order chi connectivity index (χ1) is 15.5. The number of ether oxygens (including phenoxy) is 1. The monoisotopic (exact) mass is 438 g/mol. The van der Waals surface area contributed by atoms with Gasteiger partial charge in [0.05, 0.1) is 35.7 Å². The predicted molar refractivity (Wildman–Crippen MR) is 122 cm³/mol. The van der Waals surface area contributed by atoms with Crippen LogP contribution in [0.25, 0.3) is 16.6 Å². The number of aromatic nitrogens is 4. The van der Waals surface area contributed by atoms with Crippen molar-refractivity contribution in [1.29, 1.82) is 0 Å². The molecular formula is C23H30N6O3. The molecule has 1 aliphatic heterocycles. The molecule has 1 amide bonds. The van der Waals surface area contributed by atoms with Crippen molar-refractivity contribution in [3.8, 4) is 5.69 Å². The summed E-state index contributed by atoms with van der Waals surface area (Å²) < 4.78 is 8.35. The molecule has 1 aromatic carbocycles. The number of morpholine rings is 1. The SMILES string of the molecule is Cc1nn(C(C)C(=O)NCCCN2CCOCC2)c(=O)c2nn(-c3ccccc3)c(C)c12. The molecule has 1 saturated heterocycles. The van der Waals surface area contributed by atoms with Gasteiger partial charge in [0.2, 0.25) is 5.91 Å². The number of amides is 1. The number of nitrogens with one attached hydrogen (secondary N) is 1. The van der Waals surface area contributed by atoms with Gasteiger partial charge in [-0.05, 0) is 45.9 Å². The summed E-state index contributed by atoms with van der Waals surface area (Å²) in [5, 5.41) is 12.7. The fraction of sp³-hybridized carbons (Fsp3) is 0.478. The van der Waals surface area contributed by atoms with Gasteiger partial charge in [0.1, 0.15) is 6.04 Å². The molecule has 0 bridgehead atoms. The van der Waals surface area contributed by atoms with Gasteiger partial charge in [0.25, 0.3) is 5.56 Å². The zero-order chi connectivity index (χ0) is 22.7. The van der Waals surface area contributed by atoms with E-state index in [1.54, 1.807) is 11.6 Å². The van der Waals surface area contributed by atoms with E-state index in [9.17, 15) is 9.59 Å². The minimum atomic E-state index is -0.726. The van der Waals surface area contributed by atoms with Crippen molar-refractivity contribution in [1.82, 2.24) is 29.8 Å². The van der Waals surface area contributed by atoms with Crippen LogP contribution in [-0.2, 0) is 9.53 Å². The number of carbonyl (C=O) groups is 1. The van der Waals surface area contributed by atoms with Crippen LogP contribution < -0.4 is 10.9 Å². The Bertz CT molecular complexity index is 1150. The minimum Gasteiger partial charge on any atom is -0.379 e. The van der Waals surface area contributed by atoms with E-state index in [0.717, 1.165) is 56.0 Å². The van der Waals surface area contributed by atoms with E-state index >= 15 is 0 Å². The molecule has 1 unspecified atom stereocenters. The molecule has 170 valence electrons. The van der Waals surface area contributed by atoms with Crippen LogP contribution in [0.3, 0.4) is 0 Å². The molecule has 3 heterocycles. The van der Waals surface area contributed by atoms with E-state index in [1.807, 2.05) is 44.2 Å². The highest BCUT2D eigenvalue weighted by Gasteiger charge is 2.23. The van der Waals surface area contributed by atoms with Gasteiger partial charge in [0, 0.05) is 19.6 Å². The normalized spacial score (nSPS) is 15.7. The summed E-state index contributed by atoms with van der Waals surface area (Å²) in [4.78, 5) is 28.2. The highest BCUT2D eigenvalue weighted by atomic mass is 16.5. The van der Waals surface area contributed by atoms with E-state index in [0.29, 0.717) is 17.8 Å². The third-order valence-electron chi connectivity index (χ3n) is 5.95. The van der Waals surface area contributed by atoms with Crippen LogP contribution in [0.2, 0.25) is 0 Å². The molecule has 32 heavy (non-hydrogen) atoms. The second kappa shape index (κ2) is 9.62. The molecule has 9 nitrogen and oxygen atoms in total. The maximum Gasteiger partial charge on any atom is 0.295 e. The lowest BCUT2D eigenvalue weighted by atomic mass is 10.2. The number of benzene rings is 1. The molecule has 3 aromatic rings. The minimum absolute atomic E-state index is 0.223. The number of rotatable bonds is 7. The molecule has 0 spiro atoms. The second-order valence-corrected chi connectivity index (χ2v) is 8.17. The summed E-state index contributed by atoms with van der Waals surface area (Å²) in [6, 6.07) is 8.94. The number of carbonyl (C=O) groups excluding carboxylic acids is 1. The molecular weight excluding hydrogens is 408 g/mol. The van der Waals surface area contributed by atoms with Crippen LogP contribution in [0.4, 0.5) is 0 Å². The third-order valence-corrected chi connectivity index (χ3v) is 5.95. The first-order valence-corrected chi connectivity index (χ1v) is 11.1. The van der Waals surface area contributed by atoms with E-state index in [-0.39, 0.29) is 11.5 Å². The highest BCUT2D eigenvalue weighted by Crippen LogP contribution is 2.21. The standard InChI is InChI=1S/C23H30N6O3/c1-16-20-17(2)28(19-8-5-4-6-9-19)26-21(20)23(31)29(25-16)18(3)22(30)24-10-7-11-27-12-14-32-15-13-27/h4-6,8-9,18H,7,10-15H2,1-3H3,(H,24,30). The fourth-order valence-electron chi connectivity index (χ4n) is 4.13. The number of para-hydroxylation sites is 1. The Balaban J connectivity index is 1.50. The Morgan fingerprint density at radius 2 is 1.88 bits per heavy atom. The summed E-state index contributed by atoms with van der Waals surface area (Å²) >= 11 is 0. The molecule has 1 fully saturated rings. The average molecular weight is 439 g/mol. The van der Waals surface area contributed by atoms with Crippen LogP contribution in [0, 0.1) is 13.8 Å². The van der Waals surface area contributed by atoms with Crippen molar-refractivity contribution in [3.05, 3.63) is 52.1 Å². The zero-order valence-electron chi connectivity index (χ0n) is 18.9. The van der Waals surface area contributed by atoms with Crippen molar-refractivity contribution in [2.45, 2.75) is 33.2 Å². The summed E-state index contributed by atoms with van der Waals surface area (Å²) in [6.07, 6.45) is 0.847. The van der Waals surface area contributed by atoms with Gasteiger partial charge in [-0.1, -0.05) is 18.2 Å². The lowest BCUT2D eigenvalue weighted by molar-refractivity contribution is -0.124. The van der Waals surface area contributed by atoms with Crippen molar-refractivity contribution >= 4 is 16.8 Å². The lowest BCUT2D eigenvalue weighted by Crippen LogP contribution is -2.40. The molecule has 1 atom stereocenters. The van der Waals surface area contributed by atoms with Gasteiger partial charge in [-0.25, -0.2) is 9.36 Å².